The SMILES string of the molecule is Clc1cc(Cl)c2oc3c(c2c1)C=C(Br)CC=C3. The van der Waals surface area contributed by atoms with Gasteiger partial charge in [0.15, 0.2) is 5.58 Å². The molecule has 1 aliphatic carbocycles. The topological polar surface area (TPSA) is 13.1 Å². The predicted molar refractivity (Wildman–Crippen MR) is 76.8 cm³/mol. The zero-order valence-corrected chi connectivity index (χ0v) is 11.7. The molecule has 2 aromatic rings. The molecule has 1 nitrogen and oxygen atoms in total. The molecular weight excluding hydrogens is 323 g/mol. The van der Waals surface area contributed by atoms with E-state index in [9.17, 15) is 0 Å². The van der Waals surface area contributed by atoms with Gasteiger partial charge in [0.2, 0.25) is 0 Å². The van der Waals surface area contributed by atoms with Crippen LogP contribution in [-0.4, -0.2) is 0 Å². The van der Waals surface area contributed by atoms with Crippen LogP contribution in [0.2, 0.25) is 10.0 Å². The second kappa shape index (κ2) is 4.20. The lowest BCUT2D eigenvalue weighted by Crippen LogP contribution is -1.74. The maximum atomic E-state index is 6.12. The second-order valence-corrected chi connectivity index (χ2v) is 5.70. The minimum atomic E-state index is 0.540. The van der Waals surface area contributed by atoms with Crippen LogP contribution in [-0.2, 0) is 0 Å². The number of allylic oxidation sites excluding steroid dienone is 2. The van der Waals surface area contributed by atoms with E-state index < -0.39 is 0 Å². The number of rotatable bonds is 0. The van der Waals surface area contributed by atoms with E-state index in [1.165, 1.54) is 0 Å². The summed E-state index contributed by atoms with van der Waals surface area (Å²) in [6, 6.07) is 3.57. The molecule has 1 aromatic carbocycles. The van der Waals surface area contributed by atoms with Crippen LogP contribution < -0.4 is 0 Å². The molecule has 0 radical (unpaired) electrons. The fourth-order valence-electron chi connectivity index (χ4n) is 1.93. The van der Waals surface area contributed by atoms with Crippen LogP contribution in [0.15, 0.2) is 27.1 Å². The number of hydrogen-bond acceptors (Lipinski definition) is 1. The van der Waals surface area contributed by atoms with Crippen LogP contribution in [0.1, 0.15) is 17.7 Å². The summed E-state index contributed by atoms with van der Waals surface area (Å²) >= 11 is 15.7. The largest absolute Gasteiger partial charge is 0.454 e. The van der Waals surface area contributed by atoms with Crippen molar-refractivity contribution in [3.63, 3.8) is 0 Å². The van der Waals surface area contributed by atoms with E-state index in [0.717, 1.165) is 27.6 Å². The lowest BCUT2D eigenvalue weighted by molar-refractivity contribution is 0.603. The molecule has 0 N–H and O–H groups in total. The lowest BCUT2D eigenvalue weighted by Gasteiger charge is -1.96. The Morgan fingerprint density at radius 1 is 1.24 bits per heavy atom. The maximum absolute atomic E-state index is 6.12. The Morgan fingerprint density at radius 3 is 2.88 bits per heavy atom. The van der Waals surface area contributed by atoms with E-state index >= 15 is 0 Å². The average Bonchev–Trinajstić information content (AvgIpc) is 2.49. The quantitative estimate of drug-likeness (QED) is 0.587. The Bertz CT molecular complexity index is 668. The number of furan rings is 1. The summed E-state index contributed by atoms with van der Waals surface area (Å²) in [5, 5.41) is 2.10. The minimum Gasteiger partial charge on any atom is -0.454 e. The summed E-state index contributed by atoms with van der Waals surface area (Å²) in [6.07, 6.45) is 6.92. The van der Waals surface area contributed by atoms with Crippen LogP contribution >= 0.6 is 39.1 Å². The van der Waals surface area contributed by atoms with Gasteiger partial charge in [-0.25, -0.2) is 0 Å². The third-order valence-corrected chi connectivity index (χ3v) is 3.71. The van der Waals surface area contributed by atoms with Gasteiger partial charge in [-0.3, -0.25) is 0 Å². The standard InChI is InChI=1S/C13H7BrCl2O/c14-7-2-1-3-12-9(4-7)10-5-8(15)6-11(16)13(10)17-12/h1,3-6H,2H2. The number of benzene rings is 1. The van der Waals surface area contributed by atoms with Crippen LogP contribution in [0.5, 0.6) is 0 Å². The van der Waals surface area contributed by atoms with Crippen molar-refractivity contribution in [2.45, 2.75) is 6.42 Å². The lowest BCUT2D eigenvalue weighted by atomic mass is 10.1. The second-order valence-electron chi connectivity index (χ2n) is 3.84. The highest BCUT2D eigenvalue weighted by Gasteiger charge is 2.15. The van der Waals surface area contributed by atoms with Crippen LogP contribution in [0.25, 0.3) is 23.1 Å². The Kier molecular flexibility index (Phi) is 2.81. The molecule has 0 fully saturated rings. The van der Waals surface area contributed by atoms with Gasteiger partial charge in [-0.1, -0.05) is 45.2 Å². The van der Waals surface area contributed by atoms with Crippen molar-refractivity contribution in [2.75, 3.05) is 0 Å². The third kappa shape index (κ3) is 1.95. The highest BCUT2D eigenvalue weighted by molar-refractivity contribution is 9.11. The summed E-state index contributed by atoms with van der Waals surface area (Å²) in [5.41, 5.74) is 1.70. The summed E-state index contributed by atoms with van der Waals surface area (Å²) < 4.78 is 6.86. The Hall–Kier alpha value is -0.700. The number of hydrogen-bond donors (Lipinski definition) is 0. The Morgan fingerprint density at radius 2 is 2.06 bits per heavy atom. The third-order valence-electron chi connectivity index (χ3n) is 2.66. The fourth-order valence-corrected chi connectivity index (χ4v) is 2.88. The highest BCUT2D eigenvalue weighted by atomic mass is 79.9. The molecular formula is C13H7BrCl2O. The van der Waals surface area contributed by atoms with Gasteiger partial charge in [0.25, 0.3) is 0 Å². The molecule has 86 valence electrons. The van der Waals surface area contributed by atoms with Gasteiger partial charge < -0.3 is 4.42 Å². The Balaban J connectivity index is 2.42. The van der Waals surface area contributed by atoms with Gasteiger partial charge in [0, 0.05) is 16.0 Å². The van der Waals surface area contributed by atoms with Gasteiger partial charge in [-0.2, -0.15) is 0 Å². The fraction of sp³-hybridized carbons (Fsp3) is 0.0769. The first-order valence-corrected chi connectivity index (χ1v) is 6.64. The number of halogens is 3. The summed E-state index contributed by atoms with van der Waals surface area (Å²) in [6.45, 7) is 0. The van der Waals surface area contributed by atoms with E-state index in [1.54, 1.807) is 6.07 Å². The molecule has 0 atom stereocenters. The van der Waals surface area contributed by atoms with E-state index in [1.807, 2.05) is 24.3 Å². The molecule has 1 aliphatic rings. The van der Waals surface area contributed by atoms with E-state index in [2.05, 4.69) is 15.9 Å². The van der Waals surface area contributed by atoms with Crippen molar-refractivity contribution in [1.29, 1.82) is 0 Å². The molecule has 0 saturated heterocycles. The van der Waals surface area contributed by atoms with Crippen molar-refractivity contribution in [3.05, 3.63) is 44.1 Å². The molecule has 0 amide bonds. The molecule has 0 spiro atoms. The average molecular weight is 330 g/mol. The van der Waals surface area contributed by atoms with Crippen molar-refractivity contribution in [1.82, 2.24) is 0 Å². The van der Waals surface area contributed by atoms with Crippen molar-refractivity contribution >= 4 is 62.3 Å². The van der Waals surface area contributed by atoms with E-state index in [-0.39, 0.29) is 0 Å². The van der Waals surface area contributed by atoms with Crippen LogP contribution in [0.4, 0.5) is 0 Å². The Labute approximate surface area is 117 Å². The first-order chi connectivity index (χ1) is 8.15. The van der Waals surface area contributed by atoms with Crippen LogP contribution in [0, 0.1) is 0 Å². The number of fused-ring (bicyclic) bond motifs is 3. The van der Waals surface area contributed by atoms with Crippen molar-refractivity contribution in [3.8, 4) is 0 Å². The molecule has 4 heteroatoms. The van der Waals surface area contributed by atoms with Gasteiger partial charge in [0.1, 0.15) is 5.76 Å². The van der Waals surface area contributed by atoms with Crippen LogP contribution in [0.3, 0.4) is 0 Å². The maximum Gasteiger partial charge on any atom is 0.154 e. The minimum absolute atomic E-state index is 0.540. The molecule has 0 bridgehead atoms. The zero-order chi connectivity index (χ0) is 12.0. The van der Waals surface area contributed by atoms with Gasteiger partial charge >= 0.3 is 0 Å². The predicted octanol–water partition coefficient (Wildman–Crippen LogP) is 5.89. The zero-order valence-electron chi connectivity index (χ0n) is 8.64. The van der Waals surface area contributed by atoms with E-state index in [4.69, 9.17) is 27.6 Å². The molecule has 17 heavy (non-hydrogen) atoms. The van der Waals surface area contributed by atoms with Crippen molar-refractivity contribution in [2.24, 2.45) is 0 Å². The molecule has 0 saturated carbocycles. The van der Waals surface area contributed by atoms with Gasteiger partial charge in [-0.15, -0.1) is 0 Å². The summed E-state index contributed by atoms with van der Waals surface area (Å²) in [5.74, 6) is 0.818. The molecule has 1 aromatic heterocycles. The summed E-state index contributed by atoms with van der Waals surface area (Å²) in [7, 11) is 0. The highest BCUT2D eigenvalue weighted by Crippen LogP contribution is 2.37. The molecule has 3 rings (SSSR count). The smallest absolute Gasteiger partial charge is 0.154 e. The van der Waals surface area contributed by atoms with Gasteiger partial charge in [0.05, 0.1) is 5.02 Å². The first-order valence-electron chi connectivity index (χ1n) is 5.09. The summed E-state index contributed by atoms with van der Waals surface area (Å²) in [4.78, 5) is 0. The normalized spacial score (nSPS) is 14.6. The first kappa shape index (κ1) is 11.4. The van der Waals surface area contributed by atoms with E-state index in [0.29, 0.717) is 15.6 Å². The monoisotopic (exact) mass is 328 g/mol. The molecule has 0 aliphatic heterocycles. The van der Waals surface area contributed by atoms with Gasteiger partial charge in [-0.05, 0) is 35.2 Å². The van der Waals surface area contributed by atoms with Crippen molar-refractivity contribution < 1.29 is 4.42 Å². The molecule has 0 unspecified atom stereocenters. The molecule has 1 heterocycles.